The number of pyridine rings is 1. The van der Waals surface area contributed by atoms with Crippen LogP contribution in [0.3, 0.4) is 0 Å². The summed E-state index contributed by atoms with van der Waals surface area (Å²) in [6, 6.07) is 2.73. The molecule has 2 aromatic rings. The molecule has 0 amide bonds. The van der Waals surface area contributed by atoms with E-state index in [0.717, 1.165) is 30.6 Å². The Morgan fingerprint density at radius 2 is 2.11 bits per heavy atom. The SMILES string of the molecule is CC(N)CCCc1nc2cnccc2n1C(C)C. The van der Waals surface area contributed by atoms with E-state index in [2.05, 4.69) is 30.3 Å². The molecule has 0 aliphatic heterocycles. The summed E-state index contributed by atoms with van der Waals surface area (Å²) in [7, 11) is 0. The number of hydrogen-bond donors (Lipinski definition) is 1. The fraction of sp³-hybridized carbons (Fsp3) is 0.571. The highest BCUT2D eigenvalue weighted by Crippen LogP contribution is 2.21. The molecule has 0 aromatic carbocycles. The molecule has 4 heteroatoms. The molecule has 2 heterocycles. The van der Waals surface area contributed by atoms with Crippen LogP contribution in [-0.4, -0.2) is 20.6 Å². The number of rotatable bonds is 5. The second kappa shape index (κ2) is 5.48. The van der Waals surface area contributed by atoms with Gasteiger partial charge in [-0.3, -0.25) is 4.98 Å². The minimum Gasteiger partial charge on any atom is -0.328 e. The molecule has 98 valence electrons. The Bertz CT molecular complexity index is 513. The Morgan fingerprint density at radius 1 is 1.33 bits per heavy atom. The quantitative estimate of drug-likeness (QED) is 0.882. The van der Waals surface area contributed by atoms with Crippen LogP contribution in [0.4, 0.5) is 0 Å². The van der Waals surface area contributed by atoms with Gasteiger partial charge in [0.25, 0.3) is 0 Å². The second-order valence-electron chi connectivity index (χ2n) is 5.23. The monoisotopic (exact) mass is 246 g/mol. The predicted octanol–water partition coefficient (Wildman–Crippen LogP) is 2.68. The highest BCUT2D eigenvalue weighted by Gasteiger charge is 2.12. The zero-order valence-corrected chi connectivity index (χ0v) is 11.4. The fourth-order valence-electron chi connectivity index (χ4n) is 2.34. The Kier molecular flexibility index (Phi) is 3.97. The maximum atomic E-state index is 5.79. The zero-order chi connectivity index (χ0) is 13.1. The molecule has 0 fully saturated rings. The maximum absolute atomic E-state index is 5.79. The Hall–Kier alpha value is -1.42. The van der Waals surface area contributed by atoms with Gasteiger partial charge in [-0.1, -0.05) is 0 Å². The van der Waals surface area contributed by atoms with E-state index in [-0.39, 0.29) is 6.04 Å². The van der Waals surface area contributed by atoms with Crippen molar-refractivity contribution in [2.45, 2.75) is 52.1 Å². The van der Waals surface area contributed by atoms with Gasteiger partial charge in [0, 0.05) is 24.7 Å². The van der Waals surface area contributed by atoms with Crippen LogP contribution in [0.2, 0.25) is 0 Å². The molecule has 0 aliphatic carbocycles. The van der Waals surface area contributed by atoms with Crippen molar-refractivity contribution in [2.24, 2.45) is 5.73 Å². The first-order chi connectivity index (χ1) is 8.59. The van der Waals surface area contributed by atoms with E-state index in [9.17, 15) is 0 Å². The van der Waals surface area contributed by atoms with Gasteiger partial charge in [-0.15, -0.1) is 0 Å². The van der Waals surface area contributed by atoms with Crippen molar-refractivity contribution in [2.75, 3.05) is 0 Å². The van der Waals surface area contributed by atoms with Crippen LogP contribution in [0.15, 0.2) is 18.5 Å². The van der Waals surface area contributed by atoms with Gasteiger partial charge in [0.2, 0.25) is 0 Å². The molecule has 0 radical (unpaired) electrons. The summed E-state index contributed by atoms with van der Waals surface area (Å²) in [6.45, 7) is 6.43. The van der Waals surface area contributed by atoms with E-state index in [1.54, 1.807) is 0 Å². The molecule has 1 unspecified atom stereocenters. The van der Waals surface area contributed by atoms with Crippen LogP contribution < -0.4 is 5.73 Å². The lowest BCUT2D eigenvalue weighted by molar-refractivity contribution is 0.555. The number of nitrogens with zero attached hydrogens (tertiary/aromatic N) is 3. The number of nitrogens with two attached hydrogens (primary N) is 1. The van der Waals surface area contributed by atoms with E-state index in [0.29, 0.717) is 6.04 Å². The summed E-state index contributed by atoms with van der Waals surface area (Å²) in [5, 5.41) is 0. The first-order valence-electron chi connectivity index (χ1n) is 6.66. The average Bonchev–Trinajstić information content (AvgIpc) is 2.66. The first kappa shape index (κ1) is 13.0. The summed E-state index contributed by atoms with van der Waals surface area (Å²) < 4.78 is 2.30. The van der Waals surface area contributed by atoms with Crippen LogP contribution in [0, 0.1) is 0 Å². The molecule has 18 heavy (non-hydrogen) atoms. The summed E-state index contributed by atoms with van der Waals surface area (Å²) in [5.74, 6) is 1.15. The molecule has 0 bridgehead atoms. The van der Waals surface area contributed by atoms with Gasteiger partial charge in [0.1, 0.15) is 11.3 Å². The van der Waals surface area contributed by atoms with Crippen LogP contribution in [0.5, 0.6) is 0 Å². The van der Waals surface area contributed by atoms with Crippen molar-refractivity contribution in [3.05, 3.63) is 24.3 Å². The molecule has 2 N–H and O–H groups in total. The van der Waals surface area contributed by atoms with Crippen molar-refractivity contribution >= 4 is 11.0 Å². The Balaban J connectivity index is 2.28. The minimum atomic E-state index is 0.267. The predicted molar refractivity (Wildman–Crippen MR) is 74.5 cm³/mol. The minimum absolute atomic E-state index is 0.267. The Labute approximate surface area is 108 Å². The van der Waals surface area contributed by atoms with Crippen LogP contribution in [-0.2, 0) is 6.42 Å². The summed E-state index contributed by atoms with van der Waals surface area (Å²) in [5.41, 5.74) is 7.96. The number of imidazole rings is 1. The van der Waals surface area contributed by atoms with E-state index < -0.39 is 0 Å². The molecule has 2 rings (SSSR count). The highest BCUT2D eigenvalue weighted by molar-refractivity contribution is 5.74. The molecule has 0 spiro atoms. The van der Waals surface area contributed by atoms with Crippen molar-refractivity contribution in [3.63, 3.8) is 0 Å². The van der Waals surface area contributed by atoms with Gasteiger partial charge >= 0.3 is 0 Å². The van der Waals surface area contributed by atoms with Crippen molar-refractivity contribution < 1.29 is 0 Å². The maximum Gasteiger partial charge on any atom is 0.110 e. The molecule has 0 aliphatic rings. The number of aromatic nitrogens is 3. The second-order valence-corrected chi connectivity index (χ2v) is 5.23. The van der Waals surface area contributed by atoms with Gasteiger partial charge in [0.05, 0.1) is 11.7 Å². The molecule has 0 saturated carbocycles. The van der Waals surface area contributed by atoms with Gasteiger partial charge in [-0.2, -0.15) is 0 Å². The van der Waals surface area contributed by atoms with Gasteiger partial charge in [-0.05, 0) is 39.7 Å². The van der Waals surface area contributed by atoms with E-state index in [1.165, 1.54) is 5.52 Å². The topological polar surface area (TPSA) is 56.7 Å². The summed E-state index contributed by atoms with van der Waals surface area (Å²) >= 11 is 0. The molecule has 1 atom stereocenters. The lowest BCUT2D eigenvalue weighted by Gasteiger charge is -2.13. The lowest BCUT2D eigenvalue weighted by Crippen LogP contribution is -2.15. The number of fused-ring (bicyclic) bond motifs is 1. The van der Waals surface area contributed by atoms with Crippen LogP contribution in [0.25, 0.3) is 11.0 Å². The number of hydrogen-bond acceptors (Lipinski definition) is 3. The molecule has 0 saturated heterocycles. The molecular formula is C14H22N4. The molecular weight excluding hydrogens is 224 g/mol. The zero-order valence-electron chi connectivity index (χ0n) is 11.4. The van der Waals surface area contributed by atoms with Gasteiger partial charge in [0.15, 0.2) is 0 Å². The Morgan fingerprint density at radius 3 is 2.78 bits per heavy atom. The molecule has 4 nitrogen and oxygen atoms in total. The van der Waals surface area contributed by atoms with Crippen LogP contribution >= 0.6 is 0 Å². The molecule has 2 aromatic heterocycles. The summed E-state index contributed by atoms with van der Waals surface area (Å²) in [4.78, 5) is 8.83. The van der Waals surface area contributed by atoms with Gasteiger partial charge < -0.3 is 10.3 Å². The average molecular weight is 246 g/mol. The van der Waals surface area contributed by atoms with Crippen molar-refractivity contribution in [1.29, 1.82) is 0 Å². The highest BCUT2D eigenvalue weighted by atomic mass is 15.1. The third kappa shape index (κ3) is 2.70. The summed E-state index contributed by atoms with van der Waals surface area (Å²) in [6.07, 6.45) is 6.77. The lowest BCUT2D eigenvalue weighted by atomic mass is 10.1. The standard InChI is InChI=1S/C14H22N4/c1-10(2)18-13-7-8-16-9-12(13)17-14(18)6-4-5-11(3)15/h7-11H,4-6,15H2,1-3H3. The van der Waals surface area contributed by atoms with E-state index >= 15 is 0 Å². The van der Waals surface area contributed by atoms with Crippen LogP contribution in [0.1, 0.15) is 45.5 Å². The van der Waals surface area contributed by atoms with E-state index in [1.807, 2.05) is 18.5 Å². The van der Waals surface area contributed by atoms with Gasteiger partial charge in [-0.25, -0.2) is 4.98 Å². The largest absolute Gasteiger partial charge is 0.328 e. The first-order valence-corrected chi connectivity index (χ1v) is 6.66. The van der Waals surface area contributed by atoms with Crippen molar-refractivity contribution in [3.8, 4) is 0 Å². The third-order valence-corrected chi connectivity index (χ3v) is 3.14. The normalized spacial score (nSPS) is 13.4. The van der Waals surface area contributed by atoms with E-state index in [4.69, 9.17) is 10.7 Å². The smallest absolute Gasteiger partial charge is 0.110 e. The fourth-order valence-corrected chi connectivity index (χ4v) is 2.34. The number of aryl methyl sites for hydroxylation is 1. The third-order valence-electron chi connectivity index (χ3n) is 3.14. The van der Waals surface area contributed by atoms with Crippen molar-refractivity contribution in [1.82, 2.24) is 14.5 Å².